The Balaban J connectivity index is -0.000000455. The zero-order valence-electron chi connectivity index (χ0n) is 28.1. The summed E-state index contributed by atoms with van der Waals surface area (Å²) in [4.78, 5) is 16.7. The Morgan fingerprint density at radius 3 is 0.643 bits per heavy atom. The lowest BCUT2D eigenvalue weighted by molar-refractivity contribution is 0.636. The molecule has 0 aromatic carbocycles. The molecule has 234 valence electrons. The molecule has 4 rings (SSSR count). The van der Waals surface area contributed by atoms with Crippen LogP contribution in [0.5, 0.6) is 0 Å². The first-order chi connectivity index (χ1) is 20.2. The van der Waals surface area contributed by atoms with Gasteiger partial charge in [0.25, 0.3) is 0 Å². The number of alkyl halides is 2. The predicted molar refractivity (Wildman–Crippen MR) is 187 cm³/mol. The number of halogens is 2. The molecule has 4 aromatic rings. The van der Waals surface area contributed by atoms with E-state index in [0.717, 1.165) is 22.8 Å². The van der Waals surface area contributed by atoms with Crippen molar-refractivity contribution in [2.45, 2.75) is 92.9 Å². The number of rotatable bonds is 4. The van der Waals surface area contributed by atoms with Crippen LogP contribution >= 0.6 is 15.9 Å². The number of pyridine rings is 4. The van der Waals surface area contributed by atoms with Crippen LogP contribution in [0.3, 0.4) is 0 Å². The lowest BCUT2D eigenvalue weighted by Crippen LogP contribution is -1.88. The Morgan fingerprint density at radius 2 is 0.571 bits per heavy atom. The fourth-order valence-electron chi connectivity index (χ4n) is 2.87. The molecule has 6 heteroatoms. The quantitative estimate of drug-likeness (QED) is 0.208. The summed E-state index contributed by atoms with van der Waals surface area (Å²) in [5.41, 5.74) is 4.66. The van der Waals surface area contributed by atoms with E-state index in [4.69, 9.17) is 0 Å². The van der Waals surface area contributed by atoms with E-state index < -0.39 is 0 Å². The number of nitrogens with zero attached hydrogens (tertiary/aromatic N) is 4. The largest absolute Gasteiger partial charge is 0.261 e. The lowest BCUT2D eigenvalue weighted by atomic mass is 10.1. The van der Waals surface area contributed by atoms with E-state index in [1.54, 1.807) is 0 Å². The third-order valence-corrected chi connectivity index (χ3v) is 5.12. The van der Waals surface area contributed by atoms with Gasteiger partial charge in [-0.05, 0) is 78.0 Å². The van der Waals surface area contributed by atoms with Crippen LogP contribution in [0.25, 0.3) is 0 Å². The Labute approximate surface area is 265 Å². The molecular weight excluding hydrogens is 587 g/mol. The molecule has 4 nitrogen and oxygen atoms in total. The summed E-state index contributed by atoms with van der Waals surface area (Å²) < 4.78 is 9.50. The third kappa shape index (κ3) is 23.7. The minimum Gasteiger partial charge on any atom is -0.261 e. The minimum absolute atomic E-state index is 0.500. The fraction of sp³-hybridized carbons (Fsp3) is 0.444. The van der Waals surface area contributed by atoms with E-state index in [2.05, 4.69) is 91.3 Å². The zero-order chi connectivity index (χ0) is 32.8. The van der Waals surface area contributed by atoms with Crippen molar-refractivity contribution in [2.75, 3.05) is 13.0 Å². The highest BCUT2D eigenvalue weighted by Crippen LogP contribution is 2.10. The zero-order valence-corrected chi connectivity index (χ0v) is 29.7. The second-order valence-corrected chi connectivity index (χ2v) is 9.64. The van der Waals surface area contributed by atoms with Crippen LogP contribution in [0, 0.1) is 0 Å². The maximum atomic E-state index is 9.50. The van der Waals surface area contributed by atoms with E-state index in [-0.39, 0.29) is 0 Å². The van der Waals surface area contributed by atoms with Gasteiger partial charge in [-0.25, -0.2) is 0 Å². The highest BCUT2D eigenvalue weighted by Gasteiger charge is 1.97. The molecule has 0 aliphatic carbocycles. The first kappa shape index (κ1) is 43.5. The second-order valence-electron chi connectivity index (χ2n) is 9.64. The average molecular weight is 644 g/mol. The van der Waals surface area contributed by atoms with Gasteiger partial charge in [-0.1, -0.05) is 109 Å². The van der Waals surface area contributed by atoms with Gasteiger partial charge >= 0.3 is 0 Å². The van der Waals surface area contributed by atoms with Gasteiger partial charge in [0, 0.05) is 47.6 Å². The van der Waals surface area contributed by atoms with Gasteiger partial charge in [0.05, 0.1) is 7.18 Å². The van der Waals surface area contributed by atoms with Crippen molar-refractivity contribution in [1.29, 1.82) is 0 Å². The molecule has 0 unspecified atom stereocenters. The Morgan fingerprint density at radius 1 is 0.405 bits per heavy atom. The standard InChI is InChI=1S/4C8H11N.C2H6.CH3Br.CH3F/c4*1-7(2)8-5-3-4-6-9-8;3*1-2/h4*3-7H,1-2H3;1-2H3;2*1H3. The average Bonchev–Trinajstić information content (AvgIpc) is 3.06. The van der Waals surface area contributed by atoms with Crippen LogP contribution in [0.15, 0.2) is 97.6 Å². The molecular formula is C36H56BrFN4. The molecule has 42 heavy (non-hydrogen) atoms. The summed E-state index contributed by atoms with van der Waals surface area (Å²) >= 11 is 2.94. The van der Waals surface area contributed by atoms with E-state index >= 15 is 0 Å². The molecule has 0 fully saturated rings. The van der Waals surface area contributed by atoms with E-state index in [1.165, 1.54) is 0 Å². The summed E-state index contributed by atoms with van der Waals surface area (Å²) in [5.74, 6) is 4.00. The normalized spacial score (nSPS) is 9.10. The maximum absolute atomic E-state index is 9.50. The SMILES string of the molecule is CBr.CC.CC(C)c1ccccn1.CC(C)c1ccccn1.CC(C)c1ccccn1.CC(C)c1ccccn1.CF. The monoisotopic (exact) mass is 642 g/mol. The van der Waals surface area contributed by atoms with Gasteiger partial charge in [0.2, 0.25) is 0 Å². The topological polar surface area (TPSA) is 51.6 Å². The van der Waals surface area contributed by atoms with Crippen LogP contribution in [0.4, 0.5) is 4.39 Å². The summed E-state index contributed by atoms with van der Waals surface area (Å²) in [5, 5.41) is 0. The van der Waals surface area contributed by atoms with Crippen LogP contribution in [-0.2, 0) is 0 Å². The first-order valence-electron chi connectivity index (χ1n) is 14.6. The molecule has 0 radical (unpaired) electrons. The smallest absolute Gasteiger partial charge is 0.0785 e. The van der Waals surface area contributed by atoms with Gasteiger partial charge in [-0.15, -0.1) is 0 Å². The van der Waals surface area contributed by atoms with Gasteiger partial charge in [0.1, 0.15) is 0 Å². The van der Waals surface area contributed by atoms with Crippen LogP contribution < -0.4 is 0 Å². The van der Waals surface area contributed by atoms with Crippen LogP contribution in [-0.4, -0.2) is 32.9 Å². The Bertz CT molecular complexity index is 857. The van der Waals surface area contributed by atoms with E-state index in [0.29, 0.717) is 30.8 Å². The molecule has 0 saturated carbocycles. The molecule has 4 heterocycles. The maximum Gasteiger partial charge on any atom is 0.0785 e. The summed E-state index contributed by atoms with van der Waals surface area (Å²) in [6, 6.07) is 24.0. The van der Waals surface area contributed by atoms with Gasteiger partial charge < -0.3 is 0 Å². The molecule has 0 atom stereocenters. The summed E-state index contributed by atoms with van der Waals surface area (Å²) in [6.07, 6.45) is 7.31. The predicted octanol–water partition coefficient (Wildman–Crippen LogP) is 11.4. The molecule has 0 aliphatic rings. The minimum atomic E-state index is 0.500. The summed E-state index contributed by atoms with van der Waals surface area (Å²) in [6.45, 7) is 21.1. The number of aromatic nitrogens is 4. The fourth-order valence-corrected chi connectivity index (χ4v) is 2.87. The summed E-state index contributed by atoms with van der Waals surface area (Å²) in [7, 11) is 0.500. The second kappa shape index (κ2) is 31.0. The van der Waals surface area contributed by atoms with Gasteiger partial charge in [0.15, 0.2) is 0 Å². The van der Waals surface area contributed by atoms with Crippen molar-refractivity contribution in [3.05, 3.63) is 120 Å². The molecule has 0 saturated heterocycles. The third-order valence-electron chi connectivity index (χ3n) is 5.12. The number of hydrogen-bond donors (Lipinski definition) is 0. The van der Waals surface area contributed by atoms with Crippen LogP contribution in [0.2, 0.25) is 0 Å². The molecule has 0 aliphatic heterocycles. The van der Waals surface area contributed by atoms with Crippen molar-refractivity contribution in [2.24, 2.45) is 0 Å². The van der Waals surface area contributed by atoms with E-state index in [1.807, 2.05) is 117 Å². The number of hydrogen-bond acceptors (Lipinski definition) is 4. The van der Waals surface area contributed by atoms with Crippen LogP contribution in [0.1, 0.15) is 116 Å². The Kier molecular flexibility index (Phi) is 32.0. The first-order valence-corrected chi connectivity index (χ1v) is 16.2. The Hall–Kier alpha value is -2.99. The highest BCUT2D eigenvalue weighted by molar-refractivity contribution is 9.08. The molecule has 0 amide bonds. The highest BCUT2D eigenvalue weighted by atomic mass is 79.9. The van der Waals surface area contributed by atoms with Crippen molar-refractivity contribution in [3.8, 4) is 0 Å². The van der Waals surface area contributed by atoms with Crippen molar-refractivity contribution in [1.82, 2.24) is 19.9 Å². The molecule has 0 spiro atoms. The molecule has 0 bridgehead atoms. The van der Waals surface area contributed by atoms with Crippen molar-refractivity contribution < 1.29 is 4.39 Å². The van der Waals surface area contributed by atoms with Gasteiger partial charge in [-0.3, -0.25) is 24.3 Å². The van der Waals surface area contributed by atoms with Crippen molar-refractivity contribution >= 4 is 15.9 Å². The lowest BCUT2D eigenvalue weighted by Gasteiger charge is -2.00. The molecule has 4 aromatic heterocycles. The molecule has 0 N–H and O–H groups in total. The van der Waals surface area contributed by atoms with Crippen molar-refractivity contribution in [3.63, 3.8) is 0 Å². The van der Waals surface area contributed by atoms with E-state index in [9.17, 15) is 4.39 Å². The van der Waals surface area contributed by atoms with Gasteiger partial charge in [-0.2, -0.15) is 0 Å².